The van der Waals surface area contributed by atoms with Gasteiger partial charge in [-0.15, -0.1) is 0 Å². The summed E-state index contributed by atoms with van der Waals surface area (Å²) in [5.74, 6) is -0.0230. The summed E-state index contributed by atoms with van der Waals surface area (Å²) in [5, 5.41) is 6.14. The molecule has 0 spiro atoms. The Morgan fingerprint density at radius 2 is 1.72 bits per heavy atom. The van der Waals surface area contributed by atoms with Crippen LogP contribution >= 0.6 is 31.9 Å². The Labute approximate surface area is 125 Å². The van der Waals surface area contributed by atoms with Crippen molar-refractivity contribution >= 4 is 43.5 Å². The van der Waals surface area contributed by atoms with Crippen molar-refractivity contribution in [1.82, 2.24) is 5.32 Å². The number of hydrogen-bond acceptors (Lipinski definition) is 2. The fraction of sp³-hybridized carbons (Fsp3) is 0.462. The molecule has 0 heterocycles. The summed E-state index contributed by atoms with van der Waals surface area (Å²) in [6.45, 7) is 7.73. The van der Waals surface area contributed by atoms with E-state index >= 15 is 0 Å². The molecule has 0 fully saturated rings. The van der Waals surface area contributed by atoms with Gasteiger partial charge in [0.1, 0.15) is 6.04 Å². The third-order valence-corrected chi connectivity index (χ3v) is 3.54. The van der Waals surface area contributed by atoms with Crippen molar-refractivity contribution < 1.29 is 4.79 Å². The topological polar surface area (TPSA) is 41.1 Å². The van der Waals surface area contributed by atoms with Gasteiger partial charge in [-0.25, -0.2) is 0 Å². The quantitative estimate of drug-likeness (QED) is 0.837. The van der Waals surface area contributed by atoms with Gasteiger partial charge in [-0.3, -0.25) is 4.79 Å². The van der Waals surface area contributed by atoms with Gasteiger partial charge in [0, 0.05) is 14.5 Å². The zero-order valence-electron chi connectivity index (χ0n) is 11.0. The van der Waals surface area contributed by atoms with Gasteiger partial charge in [0.05, 0.1) is 5.69 Å². The lowest BCUT2D eigenvalue weighted by molar-refractivity contribution is -0.122. The molecule has 100 valence electrons. The number of amides is 1. The number of nitrogens with one attached hydrogen (secondary N) is 2. The van der Waals surface area contributed by atoms with Crippen molar-refractivity contribution in [2.75, 3.05) is 5.32 Å². The lowest BCUT2D eigenvalue weighted by Crippen LogP contribution is -2.47. The average molecular weight is 378 g/mol. The fourth-order valence-electron chi connectivity index (χ4n) is 1.40. The van der Waals surface area contributed by atoms with Gasteiger partial charge in [0.2, 0.25) is 5.91 Å². The summed E-state index contributed by atoms with van der Waals surface area (Å²) in [6.07, 6.45) is 0. The number of carbonyl (C=O) groups excluding carboxylic acids is 1. The van der Waals surface area contributed by atoms with E-state index in [2.05, 4.69) is 42.5 Å². The molecule has 0 aliphatic carbocycles. The van der Waals surface area contributed by atoms with Crippen LogP contribution in [-0.4, -0.2) is 17.5 Å². The molecule has 1 amide bonds. The van der Waals surface area contributed by atoms with E-state index in [0.717, 1.165) is 14.6 Å². The van der Waals surface area contributed by atoms with E-state index in [4.69, 9.17) is 0 Å². The number of para-hydroxylation sites is 1. The highest BCUT2D eigenvalue weighted by Gasteiger charge is 2.20. The van der Waals surface area contributed by atoms with E-state index in [-0.39, 0.29) is 17.5 Å². The van der Waals surface area contributed by atoms with Crippen molar-refractivity contribution in [3.63, 3.8) is 0 Å². The van der Waals surface area contributed by atoms with E-state index in [1.807, 2.05) is 45.9 Å². The van der Waals surface area contributed by atoms with Crippen LogP contribution in [0.25, 0.3) is 0 Å². The van der Waals surface area contributed by atoms with Crippen molar-refractivity contribution in [3.8, 4) is 0 Å². The standard InChI is InChI=1S/C13H18Br2N2O/c1-8(12(18)17-13(2,3)4)16-11-9(14)6-5-7-10(11)15/h5-8,16H,1-4H3,(H,17,18). The van der Waals surface area contributed by atoms with Crippen molar-refractivity contribution in [1.29, 1.82) is 0 Å². The van der Waals surface area contributed by atoms with Crippen LogP contribution in [0.2, 0.25) is 0 Å². The maximum atomic E-state index is 12.0. The van der Waals surface area contributed by atoms with Gasteiger partial charge < -0.3 is 10.6 Å². The molecule has 0 bridgehead atoms. The van der Waals surface area contributed by atoms with Gasteiger partial charge in [0.15, 0.2) is 0 Å². The number of carbonyl (C=O) groups is 1. The lowest BCUT2D eigenvalue weighted by atomic mass is 10.1. The molecule has 0 aliphatic heterocycles. The first-order chi connectivity index (χ1) is 8.20. The number of halogens is 2. The van der Waals surface area contributed by atoms with Crippen molar-refractivity contribution in [2.24, 2.45) is 0 Å². The summed E-state index contributed by atoms with van der Waals surface area (Å²) in [7, 11) is 0. The molecule has 1 rings (SSSR count). The first-order valence-corrected chi connectivity index (χ1v) is 7.32. The lowest BCUT2D eigenvalue weighted by Gasteiger charge is -2.24. The SMILES string of the molecule is CC(Nc1c(Br)cccc1Br)C(=O)NC(C)(C)C. The molecule has 1 unspecified atom stereocenters. The molecule has 0 radical (unpaired) electrons. The molecule has 2 N–H and O–H groups in total. The minimum absolute atomic E-state index is 0.0230. The number of rotatable bonds is 3. The number of anilines is 1. The minimum Gasteiger partial charge on any atom is -0.372 e. The molecule has 1 aromatic carbocycles. The second-order valence-corrected chi connectivity index (χ2v) is 6.91. The van der Waals surface area contributed by atoms with Gasteiger partial charge in [-0.05, 0) is 71.7 Å². The van der Waals surface area contributed by atoms with E-state index in [1.54, 1.807) is 0 Å². The Hall–Kier alpha value is -0.550. The van der Waals surface area contributed by atoms with Gasteiger partial charge in [0.25, 0.3) is 0 Å². The number of hydrogen-bond donors (Lipinski definition) is 2. The van der Waals surface area contributed by atoms with Crippen LogP contribution in [0.1, 0.15) is 27.7 Å². The van der Waals surface area contributed by atoms with E-state index in [1.165, 1.54) is 0 Å². The highest BCUT2D eigenvalue weighted by molar-refractivity contribution is 9.11. The summed E-state index contributed by atoms with van der Waals surface area (Å²) in [5.41, 5.74) is 0.659. The van der Waals surface area contributed by atoms with Crippen LogP contribution in [0.5, 0.6) is 0 Å². The zero-order valence-corrected chi connectivity index (χ0v) is 14.1. The molecular formula is C13H18Br2N2O. The first-order valence-electron chi connectivity index (χ1n) is 5.73. The summed E-state index contributed by atoms with van der Waals surface area (Å²) in [4.78, 5) is 12.0. The Morgan fingerprint density at radius 3 is 2.17 bits per heavy atom. The van der Waals surface area contributed by atoms with E-state index < -0.39 is 0 Å². The highest BCUT2D eigenvalue weighted by Crippen LogP contribution is 2.31. The third kappa shape index (κ3) is 4.61. The van der Waals surface area contributed by atoms with Crippen LogP contribution in [0.15, 0.2) is 27.1 Å². The monoisotopic (exact) mass is 376 g/mol. The van der Waals surface area contributed by atoms with Gasteiger partial charge in [-0.2, -0.15) is 0 Å². The largest absolute Gasteiger partial charge is 0.372 e. The van der Waals surface area contributed by atoms with E-state index in [9.17, 15) is 4.79 Å². The number of benzene rings is 1. The summed E-state index contributed by atoms with van der Waals surface area (Å²) < 4.78 is 1.85. The van der Waals surface area contributed by atoms with Crippen LogP contribution in [-0.2, 0) is 4.79 Å². The Morgan fingerprint density at radius 1 is 1.22 bits per heavy atom. The molecule has 18 heavy (non-hydrogen) atoms. The smallest absolute Gasteiger partial charge is 0.242 e. The van der Waals surface area contributed by atoms with Crippen molar-refractivity contribution in [3.05, 3.63) is 27.1 Å². The van der Waals surface area contributed by atoms with Crippen LogP contribution < -0.4 is 10.6 Å². The molecule has 0 aromatic heterocycles. The predicted octanol–water partition coefficient (Wildman–Crippen LogP) is 3.93. The Kier molecular flexibility index (Phi) is 5.22. The zero-order chi connectivity index (χ0) is 13.9. The van der Waals surface area contributed by atoms with Crippen LogP contribution in [0.3, 0.4) is 0 Å². The third-order valence-electron chi connectivity index (χ3n) is 2.22. The maximum absolute atomic E-state index is 12.0. The van der Waals surface area contributed by atoms with Gasteiger partial charge in [-0.1, -0.05) is 6.07 Å². The fourth-order valence-corrected chi connectivity index (χ4v) is 2.62. The van der Waals surface area contributed by atoms with Gasteiger partial charge >= 0.3 is 0 Å². The predicted molar refractivity (Wildman–Crippen MR) is 82.8 cm³/mol. The molecule has 0 aliphatic rings. The summed E-state index contributed by atoms with van der Waals surface area (Å²) >= 11 is 6.92. The molecule has 0 saturated heterocycles. The molecule has 1 atom stereocenters. The summed E-state index contributed by atoms with van der Waals surface area (Å²) in [6, 6.07) is 5.49. The highest BCUT2D eigenvalue weighted by atomic mass is 79.9. The molecular weight excluding hydrogens is 360 g/mol. The van der Waals surface area contributed by atoms with Crippen LogP contribution in [0, 0.1) is 0 Å². The molecule has 1 aromatic rings. The van der Waals surface area contributed by atoms with E-state index in [0.29, 0.717) is 0 Å². The van der Waals surface area contributed by atoms with Crippen molar-refractivity contribution in [2.45, 2.75) is 39.3 Å². The molecule has 0 saturated carbocycles. The Balaban J connectivity index is 2.76. The Bertz CT molecular complexity index is 421. The molecule has 5 heteroatoms. The second kappa shape index (κ2) is 6.06. The normalized spacial score (nSPS) is 13.0. The average Bonchev–Trinajstić information content (AvgIpc) is 2.21. The molecule has 3 nitrogen and oxygen atoms in total. The maximum Gasteiger partial charge on any atom is 0.242 e. The second-order valence-electron chi connectivity index (χ2n) is 5.20. The minimum atomic E-state index is -0.306. The first kappa shape index (κ1) is 15.5. The van der Waals surface area contributed by atoms with Crippen LogP contribution in [0.4, 0.5) is 5.69 Å².